The molecule has 2 N–H and O–H groups in total. The maximum atomic E-state index is 14.2. The van der Waals surface area contributed by atoms with Gasteiger partial charge < -0.3 is 9.47 Å². The molecule has 13 heteroatoms. The van der Waals surface area contributed by atoms with Crippen molar-refractivity contribution in [2.45, 2.75) is 25.9 Å². The van der Waals surface area contributed by atoms with Crippen LogP contribution in [0.2, 0.25) is 0 Å². The molecule has 2 heterocycles. The van der Waals surface area contributed by atoms with Crippen LogP contribution in [0.3, 0.4) is 0 Å². The summed E-state index contributed by atoms with van der Waals surface area (Å²) in [4.78, 5) is 55.1. The zero-order valence-electron chi connectivity index (χ0n) is 24.1. The summed E-state index contributed by atoms with van der Waals surface area (Å²) in [5.41, 5.74) is -3.24. The van der Waals surface area contributed by atoms with Gasteiger partial charge in [-0.1, -0.05) is 48.5 Å². The number of benzene rings is 3. The van der Waals surface area contributed by atoms with E-state index in [2.05, 4.69) is 10.2 Å². The molecule has 0 aliphatic rings. The number of H-pyrrole nitrogens is 2. The number of rotatable bonds is 9. The van der Waals surface area contributed by atoms with Gasteiger partial charge in [-0.2, -0.15) is 13.2 Å². The van der Waals surface area contributed by atoms with Gasteiger partial charge in [0, 0.05) is 5.92 Å². The average Bonchev–Trinajstić information content (AvgIpc) is 3.55. The van der Waals surface area contributed by atoms with Gasteiger partial charge in [-0.25, -0.2) is 19.0 Å². The fraction of sp³-hybridized carbons (Fsp3) is 0.188. The number of para-hydroxylation sites is 2. The van der Waals surface area contributed by atoms with Crippen molar-refractivity contribution in [1.29, 1.82) is 0 Å². The van der Waals surface area contributed by atoms with Crippen molar-refractivity contribution in [3.8, 4) is 11.4 Å². The number of carbonyl (C=O) groups excluding carboxylic acids is 2. The third kappa shape index (κ3) is 5.96. The van der Waals surface area contributed by atoms with Crippen molar-refractivity contribution in [3.63, 3.8) is 0 Å². The predicted molar refractivity (Wildman–Crippen MR) is 157 cm³/mol. The van der Waals surface area contributed by atoms with E-state index < -0.39 is 40.7 Å². The molecular weight excluding hydrogens is 593 g/mol. The van der Waals surface area contributed by atoms with E-state index in [0.29, 0.717) is 11.4 Å². The molecular formula is C32H27F3N4O6. The molecule has 232 valence electrons. The second-order valence-electron chi connectivity index (χ2n) is 9.75. The number of aromatic nitrogens is 4. The van der Waals surface area contributed by atoms with Crippen LogP contribution >= 0.6 is 0 Å². The van der Waals surface area contributed by atoms with Gasteiger partial charge in [0.15, 0.2) is 11.4 Å². The number of hydrogen-bond donors (Lipinski definition) is 2. The van der Waals surface area contributed by atoms with Gasteiger partial charge in [-0.3, -0.25) is 19.8 Å². The molecule has 5 aromatic rings. The standard InChI is InChI=1S/C32H27F3N4O6/c1-3-44-30(42)26-24(28(40)38(36-26)21-11-7-5-8-12-21)23(19-15-17-20(18-16-19)32(33,34)35)25-27(31(43)45-4-2)37-39(29(25)41)22-13-9-6-10-14-22/h5-18,23,36-37H,3-4H2,1-2H3. The van der Waals surface area contributed by atoms with Crippen molar-refractivity contribution in [2.75, 3.05) is 13.2 Å². The number of nitrogens with zero attached hydrogens (tertiary/aromatic N) is 2. The molecule has 0 aliphatic carbocycles. The SMILES string of the molecule is CCOC(=O)c1[nH]n(-c2ccccc2)c(=O)c1C(c1ccc(C(F)(F)F)cc1)c1c(C(=O)OCC)[nH]n(-c2ccccc2)c1=O. The van der Waals surface area contributed by atoms with Gasteiger partial charge in [0.2, 0.25) is 0 Å². The van der Waals surface area contributed by atoms with Gasteiger partial charge in [0.05, 0.1) is 41.3 Å². The smallest absolute Gasteiger partial charge is 0.416 e. The van der Waals surface area contributed by atoms with Crippen molar-refractivity contribution < 1.29 is 32.2 Å². The lowest BCUT2D eigenvalue weighted by atomic mass is 9.84. The molecule has 0 saturated heterocycles. The summed E-state index contributed by atoms with van der Waals surface area (Å²) in [7, 11) is 0. The first-order chi connectivity index (χ1) is 21.6. The highest BCUT2D eigenvalue weighted by Gasteiger charge is 2.38. The number of ether oxygens (including phenoxy) is 2. The molecule has 0 aliphatic heterocycles. The Kier molecular flexibility index (Phi) is 8.61. The minimum Gasteiger partial charge on any atom is -0.461 e. The fourth-order valence-corrected chi connectivity index (χ4v) is 5.01. The Morgan fingerprint density at radius 1 is 0.689 bits per heavy atom. The lowest BCUT2D eigenvalue weighted by molar-refractivity contribution is -0.137. The summed E-state index contributed by atoms with van der Waals surface area (Å²) in [6, 6.07) is 20.2. The molecule has 0 spiro atoms. The second-order valence-corrected chi connectivity index (χ2v) is 9.75. The molecule has 5 rings (SSSR count). The zero-order chi connectivity index (χ0) is 32.3. The maximum absolute atomic E-state index is 14.2. The highest BCUT2D eigenvalue weighted by Crippen LogP contribution is 2.36. The lowest BCUT2D eigenvalue weighted by Gasteiger charge is -2.17. The van der Waals surface area contributed by atoms with Crippen LogP contribution in [0, 0.1) is 0 Å². The Hall–Kier alpha value is -5.59. The van der Waals surface area contributed by atoms with Crippen LogP contribution in [-0.4, -0.2) is 44.7 Å². The molecule has 3 aromatic carbocycles. The van der Waals surface area contributed by atoms with E-state index in [1.165, 1.54) is 0 Å². The van der Waals surface area contributed by atoms with Gasteiger partial charge in [0.1, 0.15) is 0 Å². The first-order valence-corrected chi connectivity index (χ1v) is 13.9. The molecule has 0 atom stereocenters. The first-order valence-electron chi connectivity index (χ1n) is 13.9. The Morgan fingerprint density at radius 3 is 1.44 bits per heavy atom. The van der Waals surface area contributed by atoms with Crippen LogP contribution in [0.15, 0.2) is 94.5 Å². The lowest BCUT2D eigenvalue weighted by Crippen LogP contribution is -2.27. The molecule has 2 aromatic heterocycles. The Balaban J connectivity index is 1.89. The summed E-state index contributed by atoms with van der Waals surface area (Å²) in [5.74, 6) is -3.44. The molecule has 10 nitrogen and oxygen atoms in total. The highest BCUT2D eigenvalue weighted by atomic mass is 19.4. The van der Waals surface area contributed by atoms with E-state index in [4.69, 9.17) is 9.47 Å². The topological polar surface area (TPSA) is 128 Å². The number of esters is 2. The summed E-state index contributed by atoms with van der Waals surface area (Å²) in [5, 5.41) is 5.51. The van der Waals surface area contributed by atoms with Gasteiger partial charge in [0.25, 0.3) is 11.1 Å². The first kappa shape index (κ1) is 30.9. The quantitative estimate of drug-likeness (QED) is 0.218. The van der Waals surface area contributed by atoms with E-state index in [1.807, 2.05) is 0 Å². The summed E-state index contributed by atoms with van der Waals surface area (Å²) in [6.07, 6.45) is -4.68. The molecule has 0 fully saturated rings. The Morgan fingerprint density at radius 2 is 1.09 bits per heavy atom. The normalized spacial score (nSPS) is 11.5. The van der Waals surface area contributed by atoms with E-state index in [0.717, 1.165) is 33.6 Å². The molecule has 0 saturated carbocycles. The van der Waals surface area contributed by atoms with E-state index in [9.17, 15) is 32.3 Å². The fourth-order valence-electron chi connectivity index (χ4n) is 5.01. The van der Waals surface area contributed by atoms with E-state index in [-0.39, 0.29) is 41.3 Å². The van der Waals surface area contributed by atoms with Crippen LogP contribution in [0.4, 0.5) is 13.2 Å². The number of carbonyl (C=O) groups is 2. The van der Waals surface area contributed by atoms with Crippen LogP contribution < -0.4 is 11.1 Å². The maximum Gasteiger partial charge on any atom is 0.416 e. The van der Waals surface area contributed by atoms with Crippen LogP contribution in [0.5, 0.6) is 0 Å². The molecule has 0 bridgehead atoms. The molecule has 0 unspecified atom stereocenters. The molecule has 0 radical (unpaired) electrons. The number of nitrogens with one attached hydrogen (secondary N) is 2. The van der Waals surface area contributed by atoms with Crippen molar-refractivity contribution in [3.05, 3.63) is 139 Å². The summed E-state index contributed by atoms with van der Waals surface area (Å²) in [6.45, 7) is 2.98. The Labute approximate surface area is 253 Å². The zero-order valence-corrected chi connectivity index (χ0v) is 24.1. The second kappa shape index (κ2) is 12.6. The van der Waals surface area contributed by atoms with Gasteiger partial charge in [-0.15, -0.1) is 0 Å². The third-order valence-corrected chi connectivity index (χ3v) is 6.99. The van der Waals surface area contributed by atoms with Crippen molar-refractivity contribution in [1.82, 2.24) is 19.6 Å². The number of alkyl halides is 3. The van der Waals surface area contributed by atoms with Gasteiger partial charge >= 0.3 is 18.1 Å². The van der Waals surface area contributed by atoms with Crippen LogP contribution in [0.25, 0.3) is 11.4 Å². The van der Waals surface area contributed by atoms with Crippen molar-refractivity contribution in [2.24, 2.45) is 0 Å². The number of hydrogen-bond acceptors (Lipinski definition) is 6. The third-order valence-electron chi connectivity index (χ3n) is 6.99. The summed E-state index contributed by atoms with van der Waals surface area (Å²) >= 11 is 0. The highest BCUT2D eigenvalue weighted by molar-refractivity contribution is 5.92. The monoisotopic (exact) mass is 620 g/mol. The number of aromatic amines is 2. The van der Waals surface area contributed by atoms with Crippen LogP contribution in [0.1, 0.15) is 63.0 Å². The minimum absolute atomic E-state index is 0.0201. The predicted octanol–water partition coefficient (Wildman–Crippen LogP) is 5.20. The number of halogens is 3. The minimum atomic E-state index is -4.68. The van der Waals surface area contributed by atoms with E-state index in [1.54, 1.807) is 74.5 Å². The van der Waals surface area contributed by atoms with Gasteiger partial charge in [-0.05, 0) is 55.8 Å². The largest absolute Gasteiger partial charge is 0.461 e. The molecule has 45 heavy (non-hydrogen) atoms. The Bertz CT molecular complexity index is 1830. The average molecular weight is 621 g/mol. The van der Waals surface area contributed by atoms with Crippen LogP contribution in [-0.2, 0) is 15.7 Å². The molecule has 0 amide bonds. The van der Waals surface area contributed by atoms with Crippen molar-refractivity contribution >= 4 is 11.9 Å². The summed E-state index contributed by atoms with van der Waals surface area (Å²) < 4.78 is 53.2. The van der Waals surface area contributed by atoms with E-state index >= 15 is 0 Å².